The lowest BCUT2D eigenvalue weighted by molar-refractivity contribution is -0.129. The predicted octanol–water partition coefficient (Wildman–Crippen LogP) is 4.45. The molecule has 1 N–H and O–H groups in total. The molecule has 2 heteroatoms. The van der Waals surface area contributed by atoms with Gasteiger partial charge >= 0.3 is 0 Å². The molecule has 0 saturated heterocycles. The molecule has 0 radical (unpaired) electrons. The normalized spacial score (nSPS) is 20.1. The van der Waals surface area contributed by atoms with E-state index in [2.05, 4.69) is 38.1 Å². The van der Waals surface area contributed by atoms with Gasteiger partial charge in [-0.3, -0.25) is 0 Å². The summed E-state index contributed by atoms with van der Waals surface area (Å²) < 4.78 is 5.97. The van der Waals surface area contributed by atoms with Gasteiger partial charge in [-0.2, -0.15) is 0 Å². The van der Waals surface area contributed by atoms with Crippen LogP contribution in [0.15, 0.2) is 24.3 Å². The Kier molecular flexibility index (Phi) is 5.83. The molecule has 118 valence electrons. The molecule has 0 saturated carbocycles. The van der Waals surface area contributed by atoms with Gasteiger partial charge in [0.2, 0.25) is 0 Å². The van der Waals surface area contributed by atoms with Gasteiger partial charge in [-0.1, -0.05) is 38.1 Å². The minimum absolute atomic E-state index is 0.374. The third-order valence-electron chi connectivity index (χ3n) is 5.24. The van der Waals surface area contributed by atoms with Crippen molar-refractivity contribution in [1.29, 1.82) is 0 Å². The topological polar surface area (TPSA) is 29.5 Å². The number of aliphatic hydroxyl groups is 1. The Balaban J connectivity index is 2.14. The Morgan fingerprint density at radius 2 is 1.95 bits per heavy atom. The average Bonchev–Trinajstić information content (AvgIpc) is 2.53. The maximum atomic E-state index is 10.8. The molecule has 0 amide bonds. The van der Waals surface area contributed by atoms with Crippen molar-refractivity contribution in [2.75, 3.05) is 6.61 Å². The Morgan fingerprint density at radius 3 is 2.62 bits per heavy atom. The van der Waals surface area contributed by atoms with Crippen molar-refractivity contribution in [3.8, 4) is 0 Å². The molecular weight excluding hydrogens is 260 g/mol. The summed E-state index contributed by atoms with van der Waals surface area (Å²) in [5, 5.41) is 10.8. The van der Waals surface area contributed by atoms with Crippen molar-refractivity contribution < 1.29 is 9.84 Å². The van der Waals surface area contributed by atoms with Crippen molar-refractivity contribution in [1.82, 2.24) is 0 Å². The van der Waals surface area contributed by atoms with Gasteiger partial charge in [0, 0.05) is 6.61 Å². The van der Waals surface area contributed by atoms with Crippen LogP contribution in [0, 0.1) is 0 Å². The summed E-state index contributed by atoms with van der Waals surface area (Å²) in [5.74, 6) is 0.475. The van der Waals surface area contributed by atoms with Crippen LogP contribution < -0.4 is 0 Å². The van der Waals surface area contributed by atoms with E-state index in [1.165, 1.54) is 30.4 Å². The second-order valence-electron chi connectivity index (χ2n) is 6.24. The smallest absolute Gasteiger partial charge is 0.0934 e. The van der Waals surface area contributed by atoms with Crippen molar-refractivity contribution in [3.63, 3.8) is 0 Å². The fraction of sp³-hybridized carbons (Fsp3) is 0.684. The molecule has 0 heterocycles. The summed E-state index contributed by atoms with van der Waals surface area (Å²) in [7, 11) is 0. The van der Waals surface area contributed by atoms with Gasteiger partial charge in [-0.15, -0.1) is 0 Å². The van der Waals surface area contributed by atoms with Crippen LogP contribution in [0.2, 0.25) is 0 Å². The zero-order valence-corrected chi connectivity index (χ0v) is 13.8. The molecule has 2 unspecified atom stereocenters. The molecule has 0 bridgehead atoms. The molecule has 2 nitrogen and oxygen atoms in total. The van der Waals surface area contributed by atoms with Gasteiger partial charge in [-0.05, 0) is 62.5 Å². The minimum atomic E-state index is -0.386. The third-order valence-corrected chi connectivity index (χ3v) is 5.24. The van der Waals surface area contributed by atoms with Gasteiger partial charge < -0.3 is 9.84 Å². The first-order valence-electron chi connectivity index (χ1n) is 8.56. The highest BCUT2D eigenvalue weighted by atomic mass is 16.5. The van der Waals surface area contributed by atoms with Gasteiger partial charge in [0.05, 0.1) is 11.7 Å². The molecule has 1 aliphatic rings. The minimum Gasteiger partial charge on any atom is -0.390 e. The van der Waals surface area contributed by atoms with Gasteiger partial charge in [0.25, 0.3) is 0 Å². The van der Waals surface area contributed by atoms with Crippen LogP contribution in [0.1, 0.15) is 69.9 Å². The van der Waals surface area contributed by atoms with Crippen LogP contribution in [0.25, 0.3) is 0 Å². The molecule has 1 aromatic rings. The zero-order chi connectivity index (χ0) is 15.3. The van der Waals surface area contributed by atoms with Gasteiger partial charge in [-0.25, -0.2) is 0 Å². The summed E-state index contributed by atoms with van der Waals surface area (Å²) in [6, 6.07) is 8.73. The Bertz CT molecular complexity index is 437. The first-order chi connectivity index (χ1) is 10.2. The summed E-state index contributed by atoms with van der Waals surface area (Å²) in [6.07, 6.45) is 5.76. The number of benzene rings is 1. The van der Waals surface area contributed by atoms with Crippen LogP contribution in [0.4, 0.5) is 0 Å². The molecule has 1 aromatic carbocycles. The average molecular weight is 290 g/mol. The quantitative estimate of drug-likeness (QED) is 0.803. The second-order valence-corrected chi connectivity index (χ2v) is 6.24. The van der Waals surface area contributed by atoms with E-state index in [-0.39, 0.29) is 11.7 Å². The fourth-order valence-corrected chi connectivity index (χ4v) is 3.89. The molecule has 0 spiro atoms. The highest BCUT2D eigenvalue weighted by Gasteiger charge is 2.37. The van der Waals surface area contributed by atoms with E-state index in [0.29, 0.717) is 12.5 Å². The Hall–Kier alpha value is -0.860. The van der Waals surface area contributed by atoms with Crippen molar-refractivity contribution in [3.05, 3.63) is 35.4 Å². The number of aliphatic hydroxyl groups excluding tert-OH is 1. The van der Waals surface area contributed by atoms with E-state index in [0.717, 1.165) is 19.3 Å². The maximum absolute atomic E-state index is 10.8. The predicted molar refractivity (Wildman–Crippen MR) is 87.7 cm³/mol. The Labute approximate surface area is 129 Å². The maximum Gasteiger partial charge on any atom is 0.0934 e. The fourth-order valence-electron chi connectivity index (χ4n) is 3.89. The zero-order valence-electron chi connectivity index (χ0n) is 13.8. The standard InChI is InChI=1S/C19H30O2/c1-4-19(5-2,21-6-3)18(20)14-16-12-9-11-15-10-7-8-13-17(15)16/h7-8,10,13,16,18,20H,4-6,9,11-12,14H2,1-3H3. The van der Waals surface area contributed by atoms with Gasteiger partial charge in [0.15, 0.2) is 0 Å². The monoisotopic (exact) mass is 290 g/mol. The van der Waals surface area contributed by atoms with Crippen LogP contribution in [0.5, 0.6) is 0 Å². The number of rotatable bonds is 7. The molecule has 2 rings (SSSR count). The lowest BCUT2D eigenvalue weighted by atomic mass is 9.76. The second kappa shape index (κ2) is 7.42. The van der Waals surface area contributed by atoms with Crippen molar-refractivity contribution >= 4 is 0 Å². The van der Waals surface area contributed by atoms with E-state index in [9.17, 15) is 5.11 Å². The largest absolute Gasteiger partial charge is 0.390 e. The number of ether oxygens (including phenoxy) is 1. The van der Waals surface area contributed by atoms with Crippen LogP contribution in [0.3, 0.4) is 0 Å². The van der Waals surface area contributed by atoms with Crippen LogP contribution >= 0.6 is 0 Å². The van der Waals surface area contributed by atoms with Crippen molar-refractivity contribution in [2.24, 2.45) is 0 Å². The highest BCUT2D eigenvalue weighted by Crippen LogP contribution is 2.38. The van der Waals surface area contributed by atoms with E-state index >= 15 is 0 Å². The molecule has 2 atom stereocenters. The van der Waals surface area contributed by atoms with Crippen LogP contribution in [-0.2, 0) is 11.2 Å². The summed E-state index contributed by atoms with van der Waals surface area (Å²) in [5.41, 5.74) is 2.54. The first kappa shape index (κ1) is 16.5. The molecule has 21 heavy (non-hydrogen) atoms. The molecular formula is C19H30O2. The number of fused-ring (bicyclic) bond motifs is 1. The van der Waals surface area contributed by atoms with Crippen LogP contribution in [-0.4, -0.2) is 23.4 Å². The van der Waals surface area contributed by atoms with E-state index < -0.39 is 0 Å². The Morgan fingerprint density at radius 1 is 1.24 bits per heavy atom. The number of aryl methyl sites for hydroxylation is 1. The van der Waals surface area contributed by atoms with E-state index in [1.54, 1.807) is 0 Å². The highest BCUT2D eigenvalue weighted by molar-refractivity contribution is 5.32. The summed E-state index contributed by atoms with van der Waals surface area (Å²) in [6.45, 7) is 6.93. The van der Waals surface area contributed by atoms with Crippen molar-refractivity contribution in [2.45, 2.75) is 76.9 Å². The lowest BCUT2D eigenvalue weighted by Crippen LogP contribution is -2.45. The molecule has 0 aliphatic heterocycles. The SMILES string of the molecule is CCOC(CC)(CC)C(O)CC1CCCc2ccccc21. The summed E-state index contributed by atoms with van der Waals surface area (Å²) in [4.78, 5) is 0. The summed E-state index contributed by atoms with van der Waals surface area (Å²) >= 11 is 0. The molecule has 0 aromatic heterocycles. The van der Waals surface area contributed by atoms with Gasteiger partial charge in [0.1, 0.15) is 0 Å². The number of hydrogen-bond acceptors (Lipinski definition) is 2. The lowest BCUT2D eigenvalue weighted by Gasteiger charge is -2.39. The molecule has 0 fully saturated rings. The van der Waals surface area contributed by atoms with E-state index in [4.69, 9.17) is 4.74 Å². The number of hydrogen-bond donors (Lipinski definition) is 1. The van der Waals surface area contributed by atoms with E-state index in [1.807, 2.05) is 6.92 Å². The first-order valence-corrected chi connectivity index (χ1v) is 8.56. The molecule has 1 aliphatic carbocycles. The third kappa shape index (κ3) is 3.49.